The zero-order valence-corrected chi connectivity index (χ0v) is 23.3. The second-order valence-electron chi connectivity index (χ2n) is 8.30. The van der Waals surface area contributed by atoms with Crippen LogP contribution in [0.15, 0.2) is 98.5 Å². The molecule has 6 nitrogen and oxygen atoms in total. The number of carbonyl (C=O) groups excluding carboxylic acids is 2. The summed E-state index contributed by atoms with van der Waals surface area (Å²) >= 11 is 6.19. The van der Waals surface area contributed by atoms with Crippen molar-refractivity contribution in [2.75, 3.05) is 17.6 Å². The van der Waals surface area contributed by atoms with Gasteiger partial charge >= 0.3 is 0 Å². The molecule has 0 spiro atoms. The number of nitrogens with zero attached hydrogens (tertiary/aromatic N) is 1. The van der Waals surface area contributed by atoms with E-state index in [-0.39, 0.29) is 17.6 Å². The third kappa shape index (κ3) is 6.92. The lowest BCUT2D eigenvalue weighted by Crippen LogP contribution is -2.31. The van der Waals surface area contributed by atoms with Crippen molar-refractivity contribution in [3.63, 3.8) is 0 Å². The van der Waals surface area contributed by atoms with E-state index < -0.39 is 5.92 Å². The van der Waals surface area contributed by atoms with E-state index in [9.17, 15) is 14.9 Å². The lowest BCUT2D eigenvalue weighted by atomic mass is 9.86. The smallest absolute Gasteiger partial charge is 0.254 e. The lowest BCUT2D eigenvalue weighted by molar-refractivity contribution is -0.118. The molecule has 4 rings (SSSR count). The second kappa shape index (κ2) is 12.8. The maximum atomic E-state index is 13.4. The van der Waals surface area contributed by atoms with Crippen LogP contribution in [-0.4, -0.2) is 24.1 Å². The van der Waals surface area contributed by atoms with Gasteiger partial charge in [-0.15, -0.1) is 11.3 Å². The first-order chi connectivity index (χ1) is 18.0. The van der Waals surface area contributed by atoms with E-state index in [0.717, 1.165) is 21.3 Å². The van der Waals surface area contributed by atoms with Gasteiger partial charge in [-0.3, -0.25) is 9.59 Å². The molecule has 1 aromatic heterocycles. The number of dihydropyridines is 1. The molecule has 2 aromatic carbocycles. The Morgan fingerprint density at radius 1 is 1.11 bits per heavy atom. The molecule has 9 heteroatoms. The summed E-state index contributed by atoms with van der Waals surface area (Å²) in [7, 11) is 0. The van der Waals surface area contributed by atoms with E-state index in [1.807, 2.05) is 79.0 Å². The number of halogens is 1. The first kappa shape index (κ1) is 26.7. The molecule has 1 atom stereocenters. The van der Waals surface area contributed by atoms with Crippen LogP contribution in [0.25, 0.3) is 0 Å². The number of benzene rings is 2. The molecule has 0 fully saturated rings. The number of nitriles is 1. The van der Waals surface area contributed by atoms with Gasteiger partial charge in [0.15, 0.2) is 0 Å². The molecule has 0 bridgehead atoms. The number of para-hydroxylation sites is 1. The maximum absolute atomic E-state index is 13.4. The Morgan fingerprint density at radius 2 is 1.86 bits per heavy atom. The van der Waals surface area contributed by atoms with Crippen molar-refractivity contribution in [3.8, 4) is 6.07 Å². The fourth-order valence-corrected chi connectivity index (χ4v) is 6.00. The SMILES string of the molecule is CC1=C(C(=O)Nc2ccccc2)C(c2cccs2)C(C#N)=C(SCC(=O)NCCc2ccc(Br)cc2)N1. The van der Waals surface area contributed by atoms with Crippen molar-refractivity contribution in [2.45, 2.75) is 19.3 Å². The minimum atomic E-state index is -0.516. The van der Waals surface area contributed by atoms with Gasteiger partial charge in [-0.25, -0.2) is 0 Å². The Hall–Kier alpha value is -3.32. The third-order valence-corrected chi connectivity index (χ3v) is 8.23. The molecule has 2 amide bonds. The van der Waals surface area contributed by atoms with E-state index in [2.05, 4.69) is 37.9 Å². The topological polar surface area (TPSA) is 94.0 Å². The minimum Gasteiger partial charge on any atom is -0.355 e. The summed E-state index contributed by atoms with van der Waals surface area (Å²) < 4.78 is 1.02. The van der Waals surface area contributed by atoms with Crippen molar-refractivity contribution in [1.29, 1.82) is 5.26 Å². The average Bonchev–Trinajstić information content (AvgIpc) is 3.43. The number of nitrogens with one attached hydrogen (secondary N) is 3. The second-order valence-corrected chi connectivity index (χ2v) is 11.2. The summed E-state index contributed by atoms with van der Waals surface area (Å²) in [6.45, 7) is 2.35. The number of hydrogen-bond acceptors (Lipinski definition) is 6. The molecular formula is C28H25BrN4O2S2. The largest absolute Gasteiger partial charge is 0.355 e. The van der Waals surface area contributed by atoms with Crippen LogP contribution in [-0.2, 0) is 16.0 Å². The lowest BCUT2D eigenvalue weighted by Gasteiger charge is -2.29. The van der Waals surface area contributed by atoms with Gasteiger partial charge < -0.3 is 16.0 Å². The van der Waals surface area contributed by atoms with Gasteiger partial charge in [0.25, 0.3) is 5.91 Å². The monoisotopic (exact) mass is 592 g/mol. The van der Waals surface area contributed by atoms with Gasteiger partial charge in [0, 0.05) is 32.9 Å². The number of amides is 2. The van der Waals surface area contributed by atoms with Gasteiger partial charge in [0.05, 0.1) is 28.3 Å². The summed E-state index contributed by atoms with van der Waals surface area (Å²) in [4.78, 5) is 26.8. The molecule has 0 radical (unpaired) electrons. The molecule has 0 aliphatic carbocycles. The molecule has 1 aliphatic rings. The molecule has 1 unspecified atom stereocenters. The normalized spacial score (nSPS) is 15.1. The van der Waals surface area contributed by atoms with E-state index in [4.69, 9.17) is 0 Å². The van der Waals surface area contributed by atoms with Crippen LogP contribution in [0.4, 0.5) is 5.69 Å². The molecule has 1 aliphatic heterocycles. The number of thiophene rings is 1. The van der Waals surface area contributed by atoms with Crippen molar-refractivity contribution in [3.05, 3.63) is 109 Å². The zero-order chi connectivity index (χ0) is 26.2. The summed E-state index contributed by atoms with van der Waals surface area (Å²) in [5, 5.41) is 21.8. The van der Waals surface area contributed by atoms with Gasteiger partial charge in [-0.2, -0.15) is 5.26 Å². The van der Waals surface area contributed by atoms with Crippen LogP contribution in [0.5, 0.6) is 0 Å². The van der Waals surface area contributed by atoms with Gasteiger partial charge in [0.2, 0.25) is 5.91 Å². The summed E-state index contributed by atoms with van der Waals surface area (Å²) in [6, 6.07) is 23.4. The molecular weight excluding hydrogens is 568 g/mol. The van der Waals surface area contributed by atoms with Crippen molar-refractivity contribution in [1.82, 2.24) is 10.6 Å². The Morgan fingerprint density at radius 3 is 2.54 bits per heavy atom. The average molecular weight is 594 g/mol. The van der Waals surface area contributed by atoms with Gasteiger partial charge in [-0.1, -0.05) is 64.1 Å². The van der Waals surface area contributed by atoms with Crippen LogP contribution in [0.3, 0.4) is 0 Å². The predicted molar refractivity (Wildman–Crippen MR) is 154 cm³/mol. The number of thioether (sulfide) groups is 1. The summed E-state index contributed by atoms with van der Waals surface area (Å²) in [5.41, 5.74) is 3.40. The van der Waals surface area contributed by atoms with E-state index >= 15 is 0 Å². The standard InChI is InChI=1S/C28H25BrN4O2S2/c1-18-25(27(35)33-21-6-3-2-4-7-21)26(23-8-5-15-36-23)22(16-30)28(32-18)37-17-24(34)31-14-13-19-9-11-20(29)12-10-19/h2-12,15,26,32H,13-14,17H2,1H3,(H,31,34)(H,33,35). The highest BCUT2D eigenvalue weighted by Gasteiger charge is 2.35. The van der Waals surface area contributed by atoms with Crippen molar-refractivity contribution < 1.29 is 9.59 Å². The van der Waals surface area contributed by atoms with Crippen LogP contribution < -0.4 is 16.0 Å². The highest BCUT2D eigenvalue weighted by Crippen LogP contribution is 2.42. The first-order valence-electron chi connectivity index (χ1n) is 11.6. The summed E-state index contributed by atoms with van der Waals surface area (Å²) in [5.74, 6) is -0.741. The highest BCUT2D eigenvalue weighted by atomic mass is 79.9. The van der Waals surface area contributed by atoms with Crippen molar-refractivity contribution in [2.24, 2.45) is 0 Å². The molecule has 2 heterocycles. The Balaban J connectivity index is 1.46. The number of rotatable bonds is 9. The molecule has 0 saturated carbocycles. The van der Waals surface area contributed by atoms with Crippen molar-refractivity contribution >= 4 is 56.5 Å². The van der Waals surface area contributed by atoms with Gasteiger partial charge in [-0.05, 0) is 54.6 Å². The van der Waals surface area contributed by atoms with E-state index in [0.29, 0.717) is 34.1 Å². The van der Waals surface area contributed by atoms with E-state index in [1.54, 1.807) is 0 Å². The minimum absolute atomic E-state index is 0.115. The molecule has 3 N–H and O–H groups in total. The van der Waals surface area contributed by atoms with Gasteiger partial charge in [0.1, 0.15) is 0 Å². The van der Waals surface area contributed by atoms with Crippen LogP contribution in [0.1, 0.15) is 23.3 Å². The van der Waals surface area contributed by atoms with Crippen LogP contribution in [0, 0.1) is 11.3 Å². The molecule has 188 valence electrons. The number of allylic oxidation sites excluding steroid dienone is 2. The number of hydrogen-bond donors (Lipinski definition) is 3. The highest BCUT2D eigenvalue weighted by molar-refractivity contribution is 9.10. The molecule has 0 saturated heterocycles. The zero-order valence-electron chi connectivity index (χ0n) is 20.1. The quantitative estimate of drug-likeness (QED) is 0.286. The summed E-state index contributed by atoms with van der Waals surface area (Å²) in [6.07, 6.45) is 0.732. The number of anilines is 1. The Kier molecular flexibility index (Phi) is 9.23. The maximum Gasteiger partial charge on any atom is 0.254 e. The van der Waals surface area contributed by atoms with Crippen LogP contribution in [0.2, 0.25) is 0 Å². The van der Waals surface area contributed by atoms with Crippen LogP contribution >= 0.6 is 39.0 Å². The molecule has 37 heavy (non-hydrogen) atoms. The molecule has 3 aromatic rings. The first-order valence-corrected chi connectivity index (χ1v) is 14.3. The fraction of sp³-hybridized carbons (Fsp3) is 0.179. The number of carbonyl (C=O) groups is 2. The Bertz CT molecular complexity index is 1360. The third-order valence-electron chi connectivity index (χ3n) is 5.75. The predicted octanol–water partition coefficient (Wildman–Crippen LogP) is 5.94. The van der Waals surface area contributed by atoms with E-state index in [1.165, 1.54) is 23.1 Å². The Labute approximate surface area is 233 Å². The fourth-order valence-electron chi connectivity index (χ4n) is 3.97.